The number of benzene rings is 4. The molecule has 0 radical (unpaired) electrons. The van der Waals surface area contributed by atoms with Crippen LogP contribution in [-0.4, -0.2) is 11.8 Å². The summed E-state index contributed by atoms with van der Waals surface area (Å²) in [5, 5.41) is 0. The van der Waals surface area contributed by atoms with Crippen LogP contribution in [0, 0.1) is 0 Å². The first-order valence-corrected chi connectivity index (χ1v) is 10.9. The second kappa shape index (κ2) is 8.36. The smallest absolute Gasteiger partial charge is 0.260 e. The van der Waals surface area contributed by atoms with Crippen LogP contribution < -0.4 is 4.90 Å². The van der Waals surface area contributed by atoms with E-state index in [2.05, 4.69) is 79.4 Å². The Kier molecular flexibility index (Phi) is 5.23. The van der Waals surface area contributed by atoms with E-state index >= 15 is 0 Å². The second-order valence-electron chi connectivity index (χ2n) is 8.21. The lowest BCUT2D eigenvalue weighted by atomic mass is 9.65. The van der Waals surface area contributed by atoms with Gasteiger partial charge in [-0.3, -0.25) is 9.59 Å². The molecule has 1 fully saturated rings. The predicted octanol–water partition coefficient (Wildman–Crippen LogP) is 5.89. The molecule has 4 aromatic carbocycles. The number of anilines is 1. The zero-order valence-corrected chi connectivity index (χ0v) is 18.1. The van der Waals surface area contributed by atoms with Crippen LogP contribution in [0.5, 0.6) is 0 Å². The Labute approximate surface area is 193 Å². The standard InChI is InChI=1S/C30H23NO2/c1-22-21-28(32)31(29(22)33)27-19-17-26(18-20-27)30(23-11-5-2-6-12-23,24-13-7-3-8-14-24)25-15-9-4-10-16-25/h2-20H,1,21H2. The molecule has 1 heterocycles. The summed E-state index contributed by atoms with van der Waals surface area (Å²) in [6.07, 6.45) is 0.0720. The van der Waals surface area contributed by atoms with Gasteiger partial charge in [-0.15, -0.1) is 0 Å². The van der Waals surface area contributed by atoms with E-state index in [1.165, 1.54) is 4.90 Å². The third-order valence-corrected chi connectivity index (χ3v) is 6.30. The van der Waals surface area contributed by atoms with E-state index in [0.717, 1.165) is 22.3 Å². The summed E-state index contributed by atoms with van der Waals surface area (Å²) in [4.78, 5) is 26.1. The van der Waals surface area contributed by atoms with Crippen LogP contribution in [0.2, 0.25) is 0 Å². The number of rotatable bonds is 5. The van der Waals surface area contributed by atoms with Crippen LogP contribution >= 0.6 is 0 Å². The maximum absolute atomic E-state index is 12.5. The highest BCUT2D eigenvalue weighted by atomic mass is 16.2. The van der Waals surface area contributed by atoms with Gasteiger partial charge >= 0.3 is 0 Å². The molecule has 2 amide bonds. The molecular weight excluding hydrogens is 406 g/mol. The predicted molar refractivity (Wildman–Crippen MR) is 131 cm³/mol. The summed E-state index contributed by atoms with van der Waals surface area (Å²) in [7, 11) is 0. The lowest BCUT2D eigenvalue weighted by Gasteiger charge is -2.37. The molecule has 0 saturated carbocycles. The average Bonchev–Trinajstić information content (AvgIpc) is 3.13. The van der Waals surface area contributed by atoms with E-state index in [4.69, 9.17) is 0 Å². The molecule has 1 aliphatic rings. The molecule has 4 aromatic rings. The van der Waals surface area contributed by atoms with E-state index in [1.807, 2.05) is 42.5 Å². The van der Waals surface area contributed by atoms with E-state index < -0.39 is 5.41 Å². The summed E-state index contributed by atoms with van der Waals surface area (Å²) in [5.41, 5.74) is 4.79. The van der Waals surface area contributed by atoms with Crippen molar-refractivity contribution in [2.45, 2.75) is 11.8 Å². The molecule has 0 aromatic heterocycles. The monoisotopic (exact) mass is 429 g/mol. The summed E-state index contributed by atoms with van der Waals surface area (Å²) in [5.74, 6) is -0.564. The summed E-state index contributed by atoms with van der Waals surface area (Å²) >= 11 is 0. The summed E-state index contributed by atoms with van der Waals surface area (Å²) in [6, 6.07) is 39.0. The molecule has 160 valence electrons. The van der Waals surface area contributed by atoms with E-state index in [0.29, 0.717) is 11.3 Å². The van der Waals surface area contributed by atoms with Crippen LogP contribution in [0.3, 0.4) is 0 Å². The number of hydrogen-bond acceptors (Lipinski definition) is 2. The van der Waals surface area contributed by atoms with Crippen molar-refractivity contribution in [1.82, 2.24) is 0 Å². The molecule has 0 aliphatic carbocycles. The largest absolute Gasteiger partial charge is 0.274 e. The van der Waals surface area contributed by atoms with E-state index in [-0.39, 0.29) is 18.2 Å². The Morgan fingerprint density at radius 2 is 0.970 bits per heavy atom. The molecule has 3 heteroatoms. The van der Waals surface area contributed by atoms with E-state index in [1.54, 1.807) is 0 Å². The van der Waals surface area contributed by atoms with Gasteiger partial charge in [0.15, 0.2) is 0 Å². The van der Waals surface area contributed by atoms with Gasteiger partial charge in [-0.25, -0.2) is 4.90 Å². The first-order valence-electron chi connectivity index (χ1n) is 10.9. The van der Waals surface area contributed by atoms with Crippen LogP contribution in [0.25, 0.3) is 0 Å². The molecule has 0 unspecified atom stereocenters. The fraction of sp³-hybridized carbons (Fsp3) is 0.0667. The van der Waals surface area contributed by atoms with Gasteiger partial charge in [0.1, 0.15) is 0 Å². The van der Waals surface area contributed by atoms with Crippen LogP contribution in [0.1, 0.15) is 28.7 Å². The van der Waals surface area contributed by atoms with Crippen LogP contribution in [-0.2, 0) is 15.0 Å². The minimum Gasteiger partial charge on any atom is -0.274 e. The Balaban J connectivity index is 1.74. The van der Waals surface area contributed by atoms with Crippen molar-refractivity contribution >= 4 is 17.5 Å². The van der Waals surface area contributed by atoms with Gasteiger partial charge in [0.25, 0.3) is 5.91 Å². The zero-order valence-electron chi connectivity index (χ0n) is 18.1. The Morgan fingerprint density at radius 1 is 0.576 bits per heavy atom. The SMILES string of the molecule is C=C1CC(=O)N(c2ccc(C(c3ccccc3)(c3ccccc3)c3ccccc3)cc2)C1=O. The van der Waals surface area contributed by atoms with Crippen molar-refractivity contribution in [1.29, 1.82) is 0 Å². The van der Waals surface area contributed by atoms with Gasteiger partial charge in [0.2, 0.25) is 5.91 Å². The highest BCUT2D eigenvalue weighted by Crippen LogP contribution is 2.45. The molecule has 33 heavy (non-hydrogen) atoms. The third kappa shape index (κ3) is 3.39. The molecule has 5 rings (SSSR count). The number of amides is 2. The first-order chi connectivity index (χ1) is 16.1. The van der Waals surface area contributed by atoms with Gasteiger partial charge in [-0.2, -0.15) is 0 Å². The zero-order chi connectivity index (χ0) is 22.8. The topological polar surface area (TPSA) is 37.4 Å². The van der Waals surface area contributed by atoms with E-state index in [9.17, 15) is 9.59 Å². The van der Waals surface area contributed by atoms with Crippen LogP contribution in [0.15, 0.2) is 127 Å². The Bertz CT molecular complexity index is 1210. The van der Waals surface area contributed by atoms with Crippen molar-refractivity contribution in [3.05, 3.63) is 150 Å². The minimum absolute atomic E-state index is 0.0720. The lowest BCUT2D eigenvalue weighted by Crippen LogP contribution is -2.32. The molecular formula is C30H23NO2. The highest BCUT2D eigenvalue weighted by Gasteiger charge is 2.39. The van der Waals surface area contributed by atoms with Gasteiger partial charge in [-0.1, -0.05) is 110 Å². The summed E-state index contributed by atoms with van der Waals surface area (Å²) in [6.45, 7) is 3.73. The molecule has 1 saturated heterocycles. The molecule has 1 aliphatic heterocycles. The maximum atomic E-state index is 12.5. The Morgan fingerprint density at radius 3 is 1.33 bits per heavy atom. The molecule has 0 bridgehead atoms. The number of hydrogen-bond donors (Lipinski definition) is 0. The van der Waals surface area contributed by atoms with Gasteiger partial charge in [0.05, 0.1) is 17.5 Å². The third-order valence-electron chi connectivity index (χ3n) is 6.30. The van der Waals surface area contributed by atoms with Gasteiger partial charge in [0, 0.05) is 5.57 Å². The fourth-order valence-electron chi connectivity index (χ4n) is 4.79. The number of nitrogens with zero attached hydrogens (tertiary/aromatic N) is 1. The molecule has 0 spiro atoms. The summed E-state index contributed by atoms with van der Waals surface area (Å²) < 4.78 is 0. The first kappa shape index (κ1) is 20.7. The average molecular weight is 430 g/mol. The lowest BCUT2D eigenvalue weighted by molar-refractivity contribution is -0.120. The number of imide groups is 1. The molecule has 3 nitrogen and oxygen atoms in total. The van der Waals surface area contributed by atoms with Crippen molar-refractivity contribution < 1.29 is 9.59 Å². The van der Waals surface area contributed by atoms with Gasteiger partial charge < -0.3 is 0 Å². The minimum atomic E-state index is -0.565. The second-order valence-corrected chi connectivity index (χ2v) is 8.21. The van der Waals surface area contributed by atoms with Crippen LogP contribution in [0.4, 0.5) is 5.69 Å². The quantitative estimate of drug-likeness (QED) is 0.225. The number of carbonyl (C=O) groups is 2. The maximum Gasteiger partial charge on any atom is 0.260 e. The number of carbonyl (C=O) groups excluding carboxylic acids is 2. The van der Waals surface area contributed by atoms with Crippen molar-refractivity contribution in [2.24, 2.45) is 0 Å². The Hall–Kier alpha value is -4.24. The normalized spacial score (nSPS) is 14.1. The molecule has 0 N–H and O–H groups in total. The highest BCUT2D eigenvalue weighted by molar-refractivity contribution is 6.27. The van der Waals surface area contributed by atoms with Crippen molar-refractivity contribution in [2.75, 3.05) is 4.90 Å². The van der Waals surface area contributed by atoms with Gasteiger partial charge in [-0.05, 0) is 34.4 Å². The molecule has 0 atom stereocenters. The van der Waals surface area contributed by atoms with Crippen molar-refractivity contribution in [3.63, 3.8) is 0 Å². The van der Waals surface area contributed by atoms with Crippen molar-refractivity contribution in [3.8, 4) is 0 Å². The fourth-order valence-corrected chi connectivity index (χ4v) is 4.79.